The molecule has 1 heterocycles. The summed E-state index contributed by atoms with van der Waals surface area (Å²) in [4.78, 5) is 5.98. The first-order valence-corrected chi connectivity index (χ1v) is 3.86. The molecule has 1 aliphatic heterocycles. The molecule has 0 unspecified atom stereocenters. The zero-order valence-electron chi connectivity index (χ0n) is 7.31. The van der Waals surface area contributed by atoms with Gasteiger partial charge in [0.05, 0.1) is 7.05 Å². The summed E-state index contributed by atoms with van der Waals surface area (Å²) in [5.41, 5.74) is 1.13. The van der Waals surface area contributed by atoms with Crippen molar-refractivity contribution in [3.8, 4) is 6.19 Å². The van der Waals surface area contributed by atoms with Crippen molar-refractivity contribution in [1.82, 2.24) is 5.01 Å². The minimum Gasteiger partial charge on any atom is -1.00 e. The largest absolute Gasteiger partial charge is 1.00 e. The molecule has 2 rings (SSSR count). The Hall–Kier alpha value is -0.960. The molecule has 68 valence electrons. The number of anilines is 1. The van der Waals surface area contributed by atoms with Crippen LogP contribution in [0.2, 0.25) is 0 Å². The third kappa shape index (κ3) is 2.25. The van der Waals surface area contributed by atoms with E-state index >= 15 is 0 Å². The number of benzene rings is 1. The minimum atomic E-state index is 0. The molecule has 1 aliphatic rings. The molecule has 1 aromatic rings. The zero-order valence-corrected chi connectivity index (χ0v) is 9.47. The van der Waals surface area contributed by atoms with Crippen molar-refractivity contribution in [3.63, 3.8) is 0 Å². The van der Waals surface area contributed by atoms with Crippen LogP contribution in [0, 0.1) is 6.19 Å². The van der Waals surface area contributed by atoms with E-state index in [1.807, 2.05) is 47.3 Å². The number of para-hydroxylation sites is 1. The van der Waals surface area contributed by atoms with Crippen molar-refractivity contribution in [1.29, 1.82) is 0 Å². The minimum absolute atomic E-state index is 0. The molecule has 0 saturated heterocycles. The van der Waals surface area contributed by atoms with Gasteiger partial charge in [-0.1, -0.05) is 18.2 Å². The Bertz CT molecular complexity index is 328. The first-order valence-electron chi connectivity index (χ1n) is 3.86. The number of hydrogen-bond acceptors (Lipinski definition) is 2. The molecule has 0 aromatic heterocycles. The van der Waals surface area contributed by atoms with Gasteiger partial charge >= 0.3 is 6.19 Å². The van der Waals surface area contributed by atoms with E-state index in [9.17, 15) is 0 Å². The van der Waals surface area contributed by atoms with Crippen LogP contribution in [0.3, 0.4) is 0 Å². The van der Waals surface area contributed by atoms with Gasteiger partial charge in [0, 0.05) is 0 Å². The number of halogens is 1. The van der Waals surface area contributed by atoms with Gasteiger partial charge < -0.3 is 24.0 Å². The lowest BCUT2D eigenvalue weighted by Crippen LogP contribution is -3.00. The van der Waals surface area contributed by atoms with Gasteiger partial charge in [-0.05, 0) is 17.1 Å². The van der Waals surface area contributed by atoms with Gasteiger partial charge in [-0.2, -0.15) is 4.90 Å². The smallest absolute Gasteiger partial charge is 0.415 e. The normalized spacial score (nSPS) is 13.3. The van der Waals surface area contributed by atoms with E-state index in [0.717, 1.165) is 12.4 Å². The third-order valence-electron chi connectivity index (χ3n) is 1.75. The van der Waals surface area contributed by atoms with Crippen molar-refractivity contribution in [2.24, 2.45) is 0 Å². The summed E-state index contributed by atoms with van der Waals surface area (Å²) >= 11 is 0. The molecule has 0 amide bonds. The van der Waals surface area contributed by atoms with Gasteiger partial charge in [0.25, 0.3) is 0 Å². The van der Waals surface area contributed by atoms with E-state index in [1.54, 1.807) is 0 Å². The van der Waals surface area contributed by atoms with Gasteiger partial charge in [-0.3, -0.25) is 0 Å². The fraction of sp³-hybridized carbons (Fsp3) is 0.222. The Morgan fingerprint density at radius 1 is 1.31 bits per heavy atom. The first kappa shape index (κ1) is 10.1. The molecule has 0 bridgehead atoms. The van der Waals surface area contributed by atoms with Crippen LogP contribution >= 0.6 is 0 Å². The molecule has 0 fully saturated rings. The molecule has 0 aliphatic carbocycles. The van der Waals surface area contributed by atoms with Crippen molar-refractivity contribution in [2.75, 3.05) is 18.6 Å². The Morgan fingerprint density at radius 3 is 2.54 bits per heavy atom. The molecule has 0 spiro atoms. The Labute approximate surface area is 94.8 Å². The van der Waals surface area contributed by atoms with E-state index in [2.05, 4.69) is 11.1 Å². The Balaban J connectivity index is 0.000000845. The Morgan fingerprint density at radius 2 is 2.00 bits per heavy atom. The van der Waals surface area contributed by atoms with Gasteiger partial charge in [0.1, 0.15) is 5.69 Å². The first-order chi connectivity index (χ1) is 5.86. The number of nitrogens with zero attached hydrogens (tertiary/aromatic N) is 3. The van der Waals surface area contributed by atoms with Crippen LogP contribution in [0.15, 0.2) is 30.3 Å². The highest BCUT2D eigenvalue weighted by molar-refractivity contribution is 5.51. The van der Waals surface area contributed by atoms with Crippen molar-refractivity contribution in [3.05, 3.63) is 35.3 Å². The lowest BCUT2D eigenvalue weighted by Gasteiger charge is -2.03. The molecule has 4 heteroatoms. The summed E-state index contributed by atoms with van der Waals surface area (Å²) in [6, 6.07) is 10.1. The topological polar surface area (TPSA) is 10.8 Å². The number of hydrogen-bond donors (Lipinski definition) is 0. The monoisotopic (exact) mass is 287 g/mol. The summed E-state index contributed by atoms with van der Waals surface area (Å²) in [5.74, 6) is 0. The molecular formula is C9H10IN3. The highest BCUT2D eigenvalue weighted by Crippen LogP contribution is 2.14. The van der Waals surface area contributed by atoms with E-state index in [1.165, 1.54) is 0 Å². The molecule has 1 aromatic carbocycles. The highest BCUT2D eigenvalue weighted by atomic mass is 127. The van der Waals surface area contributed by atoms with Gasteiger partial charge in [-0.25, -0.2) is 0 Å². The molecule has 0 atom stereocenters. The molecule has 0 radical (unpaired) electrons. The van der Waals surface area contributed by atoms with Crippen LogP contribution < -0.4 is 28.9 Å². The SMILES string of the molecule is CN1CN(c2ccccc2)C#[N+]1.[I-]. The summed E-state index contributed by atoms with van der Waals surface area (Å²) in [6.07, 6.45) is 2.91. The molecule has 3 nitrogen and oxygen atoms in total. The fourth-order valence-electron chi connectivity index (χ4n) is 1.15. The van der Waals surface area contributed by atoms with Gasteiger partial charge in [0.2, 0.25) is 6.67 Å². The Kier molecular flexibility index (Phi) is 3.37. The fourth-order valence-corrected chi connectivity index (χ4v) is 1.15. The van der Waals surface area contributed by atoms with Crippen molar-refractivity contribution < 1.29 is 24.0 Å². The van der Waals surface area contributed by atoms with Crippen LogP contribution in [-0.2, 0) is 0 Å². The van der Waals surface area contributed by atoms with Crippen LogP contribution in [0.25, 0.3) is 4.95 Å². The standard InChI is InChI=1S/C9H10N3.HI/c1-11-8-12(7-10-11)9-5-3-2-4-6-9;/h2-6H,8H2,1H3;1H/q+1;/p-1. The van der Waals surface area contributed by atoms with Crippen LogP contribution in [0.5, 0.6) is 0 Å². The van der Waals surface area contributed by atoms with E-state index < -0.39 is 0 Å². The van der Waals surface area contributed by atoms with Gasteiger partial charge in [-0.15, -0.1) is 5.01 Å². The lowest BCUT2D eigenvalue weighted by molar-refractivity contribution is -0.00000242. The molecular weight excluding hydrogens is 277 g/mol. The summed E-state index contributed by atoms with van der Waals surface area (Å²) in [7, 11) is 1.93. The lowest BCUT2D eigenvalue weighted by atomic mass is 10.3. The molecule has 0 saturated carbocycles. The average Bonchev–Trinajstić information content (AvgIpc) is 2.54. The third-order valence-corrected chi connectivity index (χ3v) is 1.75. The van der Waals surface area contributed by atoms with Crippen LogP contribution in [0.4, 0.5) is 5.69 Å². The van der Waals surface area contributed by atoms with Gasteiger partial charge in [0.15, 0.2) is 0 Å². The van der Waals surface area contributed by atoms with Crippen LogP contribution in [-0.4, -0.2) is 18.7 Å². The molecule has 0 N–H and O–H groups in total. The predicted octanol–water partition coefficient (Wildman–Crippen LogP) is -1.39. The predicted molar refractivity (Wildman–Crippen MR) is 48.8 cm³/mol. The average molecular weight is 287 g/mol. The summed E-state index contributed by atoms with van der Waals surface area (Å²) in [6.45, 7) is 0.782. The quantitative estimate of drug-likeness (QED) is 0.465. The second kappa shape index (κ2) is 4.33. The maximum Gasteiger partial charge on any atom is 0.415 e. The van der Waals surface area contributed by atoms with Crippen molar-refractivity contribution >= 4 is 5.69 Å². The zero-order chi connectivity index (χ0) is 8.39. The highest BCUT2D eigenvalue weighted by Gasteiger charge is 2.21. The van der Waals surface area contributed by atoms with E-state index in [-0.39, 0.29) is 24.0 Å². The summed E-state index contributed by atoms with van der Waals surface area (Å²) in [5, 5.41) is 1.84. The van der Waals surface area contributed by atoms with E-state index in [4.69, 9.17) is 0 Å². The maximum absolute atomic E-state index is 4.00. The van der Waals surface area contributed by atoms with Crippen molar-refractivity contribution in [2.45, 2.75) is 0 Å². The maximum atomic E-state index is 4.00. The van der Waals surface area contributed by atoms with Crippen LogP contribution in [0.1, 0.15) is 0 Å². The number of rotatable bonds is 1. The second-order valence-corrected chi connectivity index (χ2v) is 2.76. The summed E-state index contributed by atoms with van der Waals surface area (Å²) < 4.78 is 0. The molecule has 13 heavy (non-hydrogen) atoms. The second-order valence-electron chi connectivity index (χ2n) is 2.76. The van der Waals surface area contributed by atoms with E-state index in [0.29, 0.717) is 0 Å².